The Labute approximate surface area is 245 Å². The first-order valence-electron chi connectivity index (χ1n) is 12.4. The fraction of sp³-hybridized carbons (Fsp3) is 0.107. The largest absolute Gasteiger partial charge is 0.506 e. The molecule has 0 unspecified atom stereocenters. The number of nitrogens with two attached hydrogens (primary N) is 2. The predicted molar refractivity (Wildman–Crippen MR) is 160 cm³/mol. The van der Waals surface area contributed by atoms with Crippen LogP contribution >= 0.6 is 0 Å². The molecule has 0 aliphatic rings. The highest BCUT2D eigenvalue weighted by Crippen LogP contribution is 2.41. The van der Waals surface area contributed by atoms with Gasteiger partial charge in [-0.1, -0.05) is 17.7 Å². The summed E-state index contributed by atoms with van der Waals surface area (Å²) in [4.78, 5) is 10.4. The number of azo groups is 3. The van der Waals surface area contributed by atoms with Gasteiger partial charge in [0.2, 0.25) is 0 Å². The summed E-state index contributed by atoms with van der Waals surface area (Å²) in [6, 6.07) is 15.7. The smallest absolute Gasteiger partial charge is 0.339 e. The lowest BCUT2D eigenvalue weighted by atomic mass is 10.1. The van der Waals surface area contributed by atoms with Crippen LogP contribution in [0.2, 0.25) is 0 Å². The zero-order chi connectivity index (χ0) is 31.5. The van der Waals surface area contributed by atoms with Crippen LogP contribution < -0.4 is 11.5 Å². The lowest BCUT2D eigenvalue weighted by molar-refractivity contribution is 0.0693. The maximum absolute atomic E-state index is 11.6. The van der Waals surface area contributed by atoms with E-state index in [1.54, 1.807) is 38.1 Å². The van der Waals surface area contributed by atoms with Gasteiger partial charge in [-0.25, -0.2) is 4.79 Å². The lowest BCUT2D eigenvalue weighted by Gasteiger charge is -2.09. The first-order chi connectivity index (χ1) is 20.2. The standard InChI is InChI=1S/C28H26N8O6S/c1-14-4-6-17(7-5-14)31-35-22-11-16(3)24(29)26(25(22)30)36-32-18-8-9-21(15(2)10-18)34-33-19-12-20(28(38)39)27(37)23(13-19)43(40,41)42/h4-13,37H,29-30H2,1-3H3,(H,38,39)(H,40,41,42). The number of carbonyl (C=O) groups is 1. The van der Waals surface area contributed by atoms with Gasteiger partial charge in [-0.2, -0.15) is 28.9 Å². The van der Waals surface area contributed by atoms with E-state index >= 15 is 0 Å². The van der Waals surface area contributed by atoms with Crippen molar-refractivity contribution in [2.24, 2.45) is 30.7 Å². The van der Waals surface area contributed by atoms with Gasteiger partial charge < -0.3 is 21.7 Å². The van der Waals surface area contributed by atoms with Crippen molar-refractivity contribution in [3.8, 4) is 5.75 Å². The second kappa shape index (κ2) is 12.1. The van der Waals surface area contributed by atoms with Crippen LogP contribution in [0.25, 0.3) is 0 Å². The van der Waals surface area contributed by atoms with E-state index < -0.39 is 32.3 Å². The fourth-order valence-corrected chi connectivity index (χ4v) is 4.40. The zero-order valence-electron chi connectivity index (χ0n) is 23.1. The van der Waals surface area contributed by atoms with E-state index in [4.69, 9.17) is 11.5 Å². The van der Waals surface area contributed by atoms with Gasteiger partial charge in [0.1, 0.15) is 21.8 Å². The van der Waals surface area contributed by atoms with Gasteiger partial charge in [0.15, 0.2) is 5.75 Å². The molecule has 0 saturated carbocycles. The third kappa shape index (κ3) is 7.03. The van der Waals surface area contributed by atoms with Crippen LogP contribution in [0.1, 0.15) is 27.0 Å². The summed E-state index contributed by atoms with van der Waals surface area (Å²) >= 11 is 0. The number of aromatic hydroxyl groups is 1. The van der Waals surface area contributed by atoms with E-state index in [-0.39, 0.29) is 17.1 Å². The molecule has 15 heteroatoms. The van der Waals surface area contributed by atoms with Gasteiger partial charge >= 0.3 is 5.97 Å². The average molecular weight is 603 g/mol. The van der Waals surface area contributed by atoms with Gasteiger partial charge in [0.05, 0.1) is 34.1 Å². The first kappa shape index (κ1) is 30.4. The molecule has 0 bridgehead atoms. The molecule has 7 N–H and O–H groups in total. The van der Waals surface area contributed by atoms with Crippen molar-refractivity contribution < 1.29 is 28.0 Å². The number of rotatable bonds is 8. The molecule has 0 fully saturated rings. The zero-order valence-corrected chi connectivity index (χ0v) is 23.9. The van der Waals surface area contributed by atoms with E-state index in [2.05, 4.69) is 30.7 Å². The second-order valence-corrected chi connectivity index (χ2v) is 10.8. The summed E-state index contributed by atoms with van der Waals surface area (Å²) in [5.41, 5.74) is 16.5. The molecule has 4 aromatic rings. The molecule has 4 rings (SSSR count). The maximum Gasteiger partial charge on any atom is 0.339 e. The minimum Gasteiger partial charge on any atom is -0.506 e. The van der Waals surface area contributed by atoms with E-state index in [1.807, 2.05) is 31.2 Å². The van der Waals surface area contributed by atoms with E-state index in [0.717, 1.165) is 17.7 Å². The number of carboxylic acids is 1. The lowest BCUT2D eigenvalue weighted by Crippen LogP contribution is -2.04. The maximum atomic E-state index is 11.6. The Morgan fingerprint density at radius 3 is 1.93 bits per heavy atom. The molecule has 0 aliphatic heterocycles. The average Bonchev–Trinajstić information content (AvgIpc) is 2.94. The molecule has 0 heterocycles. The van der Waals surface area contributed by atoms with Crippen molar-refractivity contribution in [2.75, 3.05) is 11.5 Å². The van der Waals surface area contributed by atoms with Gasteiger partial charge in [-0.3, -0.25) is 4.55 Å². The second-order valence-electron chi connectivity index (χ2n) is 9.42. The molecular formula is C28H26N8O6S. The number of nitrogens with zero attached hydrogens (tertiary/aromatic N) is 6. The molecule has 0 spiro atoms. The Morgan fingerprint density at radius 2 is 1.30 bits per heavy atom. The van der Waals surface area contributed by atoms with Crippen LogP contribution in [-0.4, -0.2) is 29.2 Å². The minimum atomic E-state index is -4.93. The van der Waals surface area contributed by atoms with Crippen molar-refractivity contribution in [1.29, 1.82) is 0 Å². The minimum absolute atomic E-state index is 0.198. The van der Waals surface area contributed by atoms with Crippen LogP contribution in [0.15, 0.2) is 96.2 Å². The number of hydrogen-bond donors (Lipinski definition) is 5. The third-order valence-electron chi connectivity index (χ3n) is 6.16. The van der Waals surface area contributed by atoms with Gasteiger partial charge in [0.25, 0.3) is 10.1 Å². The number of aromatic carboxylic acids is 1. The van der Waals surface area contributed by atoms with Gasteiger partial charge in [-0.05, 0) is 80.4 Å². The molecule has 43 heavy (non-hydrogen) atoms. The Morgan fingerprint density at radius 1 is 0.698 bits per heavy atom. The number of nitrogen functional groups attached to an aromatic ring is 2. The molecule has 0 aliphatic carbocycles. The summed E-state index contributed by atoms with van der Waals surface area (Å²) in [6.45, 7) is 5.46. The van der Waals surface area contributed by atoms with Crippen LogP contribution in [0, 0.1) is 20.8 Å². The molecular weight excluding hydrogens is 576 g/mol. The molecule has 0 radical (unpaired) electrons. The first-order valence-corrected chi connectivity index (χ1v) is 13.9. The van der Waals surface area contributed by atoms with Crippen LogP contribution in [0.3, 0.4) is 0 Å². The van der Waals surface area contributed by atoms with Gasteiger partial charge in [0, 0.05) is 0 Å². The molecule has 0 amide bonds. The molecule has 220 valence electrons. The summed E-state index contributed by atoms with van der Waals surface area (Å²) < 4.78 is 32.5. The number of hydrogen-bond acceptors (Lipinski definition) is 12. The number of aryl methyl sites for hydroxylation is 3. The van der Waals surface area contributed by atoms with Crippen molar-refractivity contribution in [3.05, 3.63) is 82.9 Å². The number of phenols is 1. The van der Waals surface area contributed by atoms with Crippen molar-refractivity contribution in [2.45, 2.75) is 25.7 Å². The van der Waals surface area contributed by atoms with Gasteiger partial charge in [-0.15, -0.1) is 10.2 Å². The predicted octanol–water partition coefficient (Wildman–Crippen LogP) is 7.67. The Balaban J connectivity index is 1.61. The Bertz CT molecular complexity index is 1940. The quantitative estimate of drug-likeness (QED) is 0.0759. The highest BCUT2D eigenvalue weighted by atomic mass is 32.2. The summed E-state index contributed by atoms with van der Waals surface area (Å²) in [6.07, 6.45) is 0. The van der Waals surface area contributed by atoms with Crippen LogP contribution in [0.5, 0.6) is 5.75 Å². The van der Waals surface area contributed by atoms with Crippen molar-refractivity contribution in [3.63, 3.8) is 0 Å². The number of carboxylic acid groups (broad SMARTS) is 1. The number of anilines is 2. The Kier molecular flexibility index (Phi) is 8.59. The third-order valence-corrected chi connectivity index (χ3v) is 7.03. The summed E-state index contributed by atoms with van der Waals surface area (Å²) in [5.74, 6) is -2.74. The normalized spacial score (nSPS) is 12.1. The topological polar surface area (TPSA) is 238 Å². The van der Waals surface area contributed by atoms with E-state index in [1.165, 1.54) is 0 Å². The van der Waals surface area contributed by atoms with Crippen LogP contribution in [0.4, 0.5) is 45.5 Å². The molecule has 0 atom stereocenters. The SMILES string of the molecule is Cc1ccc(N=Nc2cc(C)c(N)c(N=Nc3ccc(N=Nc4cc(C(=O)O)c(O)c(S(=O)(=O)O)c4)c(C)c3)c2N)cc1. The molecule has 0 aromatic heterocycles. The molecule has 0 saturated heterocycles. The Hall–Kier alpha value is -5.54. The molecule has 4 aromatic carbocycles. The van der Waals surface area contributed by atoms with Crippen LogP contribution in [-0.2, 0) is 10.1 Å². The number of benzene rings is 4. The van der Waals surface area contributed by atoms with E-state index in [0.29, 0.717) is 39.6 Å². The summed E-state index contributed by atoms with van der Waals surface area (Å²) in [7, 11) is -4.93. The highest BCUT2D eigenvalue weighted by molar-refractivity contribution is 7.86. The monoisotopic (exact) mass is 602 g/mol. The van der Waals surface area contributed by atoms with Crippen molar-refractivity contribution in [1.82, 2.24) is 0 Å². The summed E-state index contributed by atoms with van der Waals surface area (Å²) in [5, 5.41) is 44.1. The fourth-order valence-electron chi connectivity index (χ4n) is 3.77. The highest BCUT2D eigenvalue weighted by Gasteiger charge is 2.23. The molecule has 14 nitrogen and oxygen atoms in total. The van der Waals surface area contributed by atoms with E-state index in [9.17, 15) is 28.0 Å². The van der Waals surface area contributed by atoms with Crippen molar-refractivity contribution >= 4 is 61.6 Å².